The van der Waals surface area contributed by atoms with Crippen molar-refractivity contribution in [3.05, 3.63) is 29.0 Å². The predicted octanol–water partition coefficient (Wildman–Crippen LogP) is 3.31. The molecule has 0 radical (unpaired) electrons. The highest BCUT2D eigenvalue weighted by Gasteiger charge is 2.31. The minimum Gasteiger partial charge on any atom is -0.481 e. The molecule has 1 fully saturated rings. The Balaban J connectivity index is 2.02. The smallest absolute Gasteiger partial charge is 0.306 e. The molecule has 20 heavy (non-hydrogen) atoms. The van der Waals surface area contributed by atoms with Crippen molar-refractivity contribution >= 4 is 29.2 Å². The summed E-state index contributed by atoms with van der Waals surface area (Å²) >= 11 is 5.84. The van der Waals surface area contributed by atoms with Crippen LogP contribution in [0.25, 0.3) is 0 Å². The minimum atomic E-state index is -0.859. The van der Waals surface area contributed by atoms with Gasteiger partial charge in [-0.15, -0.1) is 0 Å². The summed E-state index contributed by atoms with van der Waals surface area (Å²) < 4.78 is 12.9. The topological polar surface area (TPSA) is 66.4 Å². The number of amides is 1. The zero-order chi connectivity index (χ0) is 14.7. The maximum absolute atomic E-state index is 12.9. The minimum absolute atomic E-state index is 0.129. The average Bonchev–Trinajstić information content (AvgIpc) is 2.42. The van der Waals surface area contributed by atoms with Crippen molar-refractivity contribution in [2.24, 2.45) is 11.8 Å². The third-order valence-electron chi connectivity index (χ3n) is 3.58. The lowest BCUT2D eigenvalue weighted by molar-refractivity contribution is -0.143. The van der Waals surface area contributed by atoms with E-state index in [4.69, 9.17) is 16.7 Å². The van der Waals surface area contributed by atoms with Crippen molar-refractivity contribution in [2.45, 2.75) is 25.7 Å². The van der Waals surface area contributed by atoms with E-state index in [1.54, 1.807) is 0 Å². The van der Waals surface area contributed by atoms with Gasteiger partial charge >= 0.3 is 5.97 Å². The number of hydrogen-bond donors (Lipinski definition) is 2. The zero-order valence-corrected chi connectivity index (χ0v) is 11.5. The molecule has 6 heteroatoms. The second-order valence-corrected chi connectivity index (χ2v) is 5.42. The van der Waals surface area contributed by atoms with Gasteiger partial charge in [0.25, 0.3) is 0 Å². The van der Waals surface area contributed by atoms with Gasteiger partial charge < -0.3 is 10.4 Å². The van der Waals surface area contributed by atoms with Crippen LogP contribution in [0.4, 0.5) is 10.1 Å². The van der Waals surface area contributed by atoms with Crippen LogP contribution < -0.4 is 5.32 Å². The van der Waals surface area contributed by atoms with Gasteiger partial charge in [-0.25, -0.2) is 4.39 Å². The molecule has 1 aliphatic rings. The maximum Gasteiger partial charge on any atom is 0.306 e. The van der Waals surface area contributed by atoms with E-state index in [1.807, 2.05) is 0 Å². The number of carboxylic acids is 1. The first-order valence-corrected chi connectivity index (χ1v) is 6.84. The molecular weight excluding hydrogens is 285 g/mol. The molecule has 0 aliphatic heterocycles. The summed E-state index contributed by atoms with van der Waals surface area (Å²) in [6.45, 7) is 0. The van der Waals surface area contributed by atoms with Crippen LogP contribution in [-0.2, 0) is 9.59 Å². The fourth-order valence-corrected chi connectivity index (χ4v) is 2.69. The zero-order valence-electron chi connectivity index (χ0n) is 10.7. The van der Waals surface area contributed by atoms with Crippen LogP contribution >= 0.6 is 11.6 Å². The third kappa shape index (κ3) is 3.48. The van der Waals surface area contributed by atoms with Crippen molar-refractivity contribution in [3.63, 3.8) is 0 Å². The Morgan fingerprint density at radius 3 is 2.65 bits per heavy atom. The van der Waals surface area contributed by atoms with Gasteiger partial charge in [0, 0.05) is 5.92 Å². The Morgan fingerprint density at radius 2 is 2.00 bits per heavy atom. The summed E-state index contributed by atoms with van der Waals surface area (Å²) in [4.78, 5) is 23.1. The molecule has 2 N–H and O–H groups in total. The molecule has 0 spiro atoms. The van der Waals surface area contributed by atoms with Crippen LogP contribution in [-0.4, -0.2) is 17.0 Å². The number of anilines is 1. The lowest BCUT2D eigenvalue weighted by atomic mass is 9.81. The lowest BCUT2D eigenvalue weighted by Crippen LogP contribution is -2.31. The number of carbonyl (C=O) groups is 2. The second-order valence-electron chi connectivity index (χ2n) is 5.01. The number of rotatable bonds is 3. The normalized spacial score (nSPS) is 22.3. The van der Waals surface area contributed by atoms with Crippen molar-refractivity contribution in [1.82, 2.24) is 0 Å². The van der Waals surface area contributed by atoms with Gasteiger partial charge in [-0.05, 0) is 37.5 Å². The number of carbonyl (C=O) groups excluding carboxylic acids is 1. The van der Waals surface area contributed by atoms with Crippen LogP contribution in [0.3, 0.4) is 0 Å². The lowest BCUT2D eigenvalue weighted by Gasteiger charge is -2.25. The Hall–Kier alpha value is -1.62. The fourth-order valence-electron chi connectivity index (χ4n) is 2.48. The quantitative estimate of drug-likeness (QED) is 0.900. The molecule has 2 rings (SSSR count). The molecule has 1 aromatic rings. The summed E-state index contributed by atoms with van der Waals surface area (Å²) in [5, 5.41) is 11.8. The van der Waals surface area contributed by atoms with Crippen LogP contribution in [0, 0.1) is 17.7 Å². The Kier molecular flexibility index (Phi) is 4.60. The number of aliphatic carboxylic acids is 1. The molecular formula is C14H15ClFNO3. The molecule has 1 aromatic carbocycles. The maximum atomic E-state index is 12.9. The van der Waals surface area contributed by atoms with Gasteiger partial charge in [-0.3, -0.25) is 9.59 Å². The molecule has 1 amide bonds. The van der Waals surface area contributed by atoms with Crippen molar-refractivity contribution in [2.75, 3.05) is 5.32 Å². The van der Waals surface area contributed by atoms with Gasteiger partial charge in [0.15, 0.2) is 0 Å². The van der Waals surface area contributed by atoms with Crippen LogP contribution in [0.15, 0.2) is 18.2 Å². The number of halogens is 2. The van der Waals surface area contributed by atoms with Crippen LogP contribution in [0.2, 0.25) is 5.02 Å². The highest BCUT2D eigenvalue weighted by Crippen LogP contribution is 2.31. The number of hydrogen-bond acceptors (Lipinski definition) is 2. The van der Waals surface area contributed by atoms with Crippen molar-refractivity contribution in [3.8, 4) is 0 Å². The third-order valence-corrected chi connectivity index (χ3v) is 3.90. The van der Waals surface area contributed by atoms with Gasteiger partial charge in [0.2, 0.25) is 5.91 Å². The van der Waals surface area contributed by atoms with Crippen molar-refractivity contribution < 1.29 is 19.1 Å². The van der Waals surface area contributed by atoms with E-state index in [2.05, 4.69) is 5.32 Å². The van der Waals surface area contributed by atoms with E-state index in [0.29, 0.717) is 31.4 Å². The molecule has 108 valence electrons. The van der Waals surface area contributed by atoms with Gasteiger partial charge in [-0.1, -0.05) is 18.0 Å². The standard InChI is InChI=1S/C14H15ClFNO3/c15-11-7-10(16)4-5-12(11)17-13(18)8-2-1-3-9(6-8)14(19)20/h4-5,7-9H,1-3,6H2,(H,17,18)(H,19,20). The molecule has 1 aliphatic carbocycles. The summed E-state index contributed by atoms with van der Waals surface area (Å²) in [6.07, 6.45) is 2.32. The highest BCUT2D eigenvalue weighted by molar-refractivity contribution is 6.33. The van der Waals surface area contributed by atoms with Gasteiger partial charge in [0.05, 0.1) is 16.6 Å². The molecule has 1 saturated carbocycles. The van der Waals surface area contributed by atoms with E-state index in [9.17, 15) is 14.0 Å². The Bertz CT molecular complexity index is 535. The first-order valence-electron chi connectivity index (χ1n) is 6.46. The van der Waals surface area contributed by atoms with Crippen LogP contribution in [0.1, 0.15) is 25.7 Å². The molecule has 0 bridgehead atoms. The molecule has 2 atom stereocenters. The Labute approximate surface area is 120 Å². The summed E-state index contributed by atoms with van der Waals surface area (Å²) in [5.41, 5.74) is 0.343. The van der Waals surface area contributed by atoms with Gasteiger partial charge in [0.1, 0.15) is 5.82 Å². The number of benzene rings is 1. The average molecular weight is 300 g/mol. The SMILES string of the molecule is O=C(O)C1CCCC(C(=O)Nc2ccc(F)cc2Cl)C1. The van der Waals surface area contributed by atoms with Gasteiger partial charge in [-0.2, -0.15) is 0 Å². The van der Waals surface area contributed by atoms with E-state index >= 15 is 0 Å². The monoisotopic (exact) mass is 299 g/mol. The molecule has 0 saturated heterocycles. The van der Waals surface area contributed by atoms with Crippen molar-refractivity contribution in [1.29, 1.82) is 0 Å². The highest BCUT2D eigenvalue weighted by atomic mass is 35.5. The van der Waals surface area contributed by atoms with Crippen LogP contribution in [0.5, 0.6) is 0 Å². The van der Waals surface area contributed by atoms with E-state index in [1.165, 1.54) is 12.1 Å². The summed E-state index contributed by atoms with van der Waals surface area (Å²) in [6, 6.07) is 3.73. The largest absolute Gasteiger partial charge is 0.481 e. The molecule has 0 heterocycles. The van der Waals surface area contributed by atoms with E-state index < -0.39 is 17.7 Å². The first-order chi connectivity index (χ1) is 9.47. The Morgan fingerprint density at radius 1 is 1.30 bits per heavy atom. The second kappa shape index (κ2) is 6.22. The predicted molar refractivity (Wildman–Crippen MR) is 73.1 cm³/mol. The molecule has 0 aromatic heterocycles. The molecule has 4 nitrogen and oxygen atoms in total. The van der Waals surface area contributed by atoms with E-state index in [0.717, 1.165) is 6.07 Å². The van der Waals surface area contributed by atoms with E-state index in [-0.39, 0.29) is 16.8 Å². The first kappa shape index (κ1) is 14.8. The summed E-state index contributed by atoms with van der Waals surface area (Å²) in [7, 11) is 0. The molecule has 2 unspecified atom stereocenters. The number of nitrogens with one attached hydrogen (secondary N) is 1. The number of carboxylic acid groups (broad SMARTS) is 1. The fraction of sp³-hybridized carbons (Fsp3) is 0.429. The summed E-state index contributed by atoms with van der Waals surface area (Å²) in [5.74, 6) is -2.41.